The van der Waals surface area contributed by atoms with Gasteiger partial charge < -0.3 is 19.9 Å². The zero-order valence-corrected chi connectivity index (χ0v) is 17.3. The fourth-order valence-corrected chi connectivity index (χ4v) is 4.26. The van der Waals surface area contributed by atoms with Crippen molar-refractivity contribution in [1.29, 1.82) is 0 Å². The largest absolute Gasteiger partial charge is 0.444 e. The lowest BCUT2D eigenvalue weighted by Gasteiger charge is -2.35. The molecule has 3 rings (SSSR count). The van der Waals surface area contributed by atoms with E-state index >= 15 is 0 Å². The minimum Gasteiger partial charge on any atom is -0.444 e. The SMILES string of the molecule is C[C@H]1CCN(C(=O)OC(C)(C)C)CC[C@@H]1NC1CCN(CC2CC2)CC1. The molecule has 3 fully saturated rings. The number of piperidine rings is 1. The number of nitrogens with zero attached hydrogens (tertiary/aromatic N) is 2. The van der Waals surface area contributed by atoms with Gasteiger partial charge in [-0.1, -0.05) is 6.92 Å². The van der Waals surface area contributed by atoms with Crippen molar-refractivity contribution < 1.29 is 9.53 Å². The second-order valence-corrected chi connectivity index (χ2v) is 9.81. The number of carbonyl (C=O) groups excluding carboxylic acids is 1. The Labute approximate surface area is 159 Å². The Morgan fingerprint density at radius 1 is 1.00 bits per heavy atom. The third-order valence-electron chi connectivity index (χ3n) is 6.15. The van der Waals surface area contributed by atoms with Crippen LogP contribution in [0.5, 0.6) is 0 Å². The molecule has 0 radical (unpaired) electrons. The van der Waals surface area contributed by atoms with Crippen molar-refractivity contribution in [3.05, 3.63) is 0 Å². The average Bonchev–Trinajstić information content (AvgIpc) is 3.38. The van der Waals surface area contributed by atoms with E-state index in [-0.39, 0.29) is 6.09 Å². The molecule has 1 saturated carbocycles. The summed E-state index contributed by atoms with van der Waals surface area (Å²) in [6.07, 6.45) is 7.37. The van der Waals surface area contributed by atoms with Crippen LogP contribution in [-0.2, 0) is 4.74 Å². The molecule has 0 bridgehead atoms. The van der Waals surface area contributed by atoms with Crippen molar-refractivity contribution in [3.8, 4) is 0 Å². The molecule has 26 heavy (non-hydrogen) atoms. The van der Waals surface area contributed by atoms with Crippen LogP contribution in [-0.4, -0.2) is 66.3 Å². The van der Waals surface area contributed by atoms with Crippen molar-refractivity contribution in [1.82, 2.24) is 15.1 Å². The molecule has 0 unspecified atom stereocenters. The van der Waals surface area contributed by atoms with Crippen LogP contribution < -0.4 is 5.32 Å². The van der Waals surface area contributed by atoms with E-state index < -0.39 is 5.60 Å². The van der Waals surface area contributed by atoms with Gasteiger partial charge in [-0.05, 0) is 84.2 Å². The summed E-state index contributed by atoms with van der Waals surface area (Å²) in [4.78, 5) is 16.9. The number of hydrogen-bond acceptors (Lipinski definition) is 4. The summed E-state index contributed by atoms with van der Waals surface area (Å²) in [6.45, 7) is 13.6. The molecule has 150 valence electrons. The van der Waals surface area contributed by atoms with Crippen LogP contribution >= 0.6 is 0 Å². The minimum atomic E-state index is -0.416. The van der Waals surface area contributed by atoms with Gasteiger partial charge in [-0.3, -0.25) is 0 Å². The molecule has 3 aliphatic rings. The highest BCUT2D eigenvalue weighted by Gasteiger charge is 2.31. The highest BCUT2D eigenvalue weighted by atomic mass is 16.6. The fraction of sp³-hybridized carbons (Fsp3) is 0.952. The van der Waals surface area contributed by atoms with Gasteiger partial charge in [-0.2, -0.15) is 0 Å². The van der Waals surface area contributed by atoms with Crippen molar-refractivity contribution >= 4 is 6.09 Å². The first-order chi connectivity index (χ1) is 12.3. The summed E-state index contributed by atoms with van der Waals surface area (Å²) in [5, 5.41) is 3.94. The Kier molecular flexibility index (Phi) is 6.50. The lowest BCUT2D eigenvalue weighted by molar-refractivity contribution is 0.0255. The van der Waals surface area contributed by atoms with Crippen LogP contribution in [0, 0.1) is 11.8 Å². The van der Waals surface area contributed by atoms with Gasteiger partial charge in [-0.15, -0.1) is 0 Å². The van der Waals surface area contributed by atoms with Crippen LogP contribution in [0.3, 0.4) is 0 Å². The highest BCUT2D eigenvalue weighted by molar-refractivity contribution is 5.68. The van der Waals surface area contributed by atoms with E-state index in [0.29, 0.717) is 18.0 Å². The van der Waals surface area contributed by atoms with Gasteiger partial charge in [0.25, 0.3) is 0 Å². The molecule has 5 nitrogen and oxygen atoms in total. The molecule has 2 saturated heterocycles. The van der Waals surface area contributed by atoms with Gasteiger partial charge in [0.2, 0.25) is 0 Å². The fourth-order valence-electron chi connectivity index (χ4n) is 4.26. The van der Waals surface area contributed by atoms with E-state index in [0.717, 1.165) is 31.8 Å². The van der Waals surface area contributed by atoms with Crippen molar-refractivity contribution in [2.45, 2.75) is 83.9 Å². The number of carbonyl (C=O) groups is 1. The first kappa shape index (κ1) is 19.9. The Morgan fingerprint density at radius 2 is 1.65 bits per heavy atom. The Hall–Kier alpha value is -0.810. The molecule has 0 spiro atoms. The Balaban J connectivity index is 1.43. The monoisotopic (exact) mass is 365 g/mol. The third-order valence-corrected chi connectivity index (χ3v) is 6.15. The first-order valence-corrected chi connectivity index (χ1v) is 10.8. The Morgan fingerprint density at radius 3 is 2.27 bits per heavy atom. The summed E-state index contributed by atoms with van der Waals surface area (Å²) in [6, 6.07) is 1.16. The Bertz CT molecular complexity index is 464. The third kappa shape index (κ3) is 6.12. The van der Waals surface area contributed by atoms with Gasteiger partial charge in [0, 0.05) is 31.7 Å². The highest BCUT2D eigenvalue weighted by Crippen LogP contribution is 2.30. The zero-order valence-electron chi connectivity index (χ0n) is 17.3. The van der Waals surface area contributed by atoms with Crippen molar-refractivity contribution in [2.75, 3.05) is 32.7 Å². The maximum atomic E-state index is 12.4. The summed E-state index contributed by atoms with van der Waals surface area (Å²) in [5.41, 5.74) is -0.416. The molecule has 1 N–H and O–H groups in total. The average molecular weight is 366 g/mol. The minimum absolute atomic E-state index is 0.154. The molecule has 0 aromatic heterocycles. The second kappa shape index (κ2) is 8.47. The first-order valence-electron chi connectivity index (χ1n) is 10.8. The molecule has 1 amide bonds. The summed E-state index contributed by atoms with van der Waals surface area (Å²) < 4.78 is 5.56. The molecule has 2 atom stereocenters. The van der Waals surface area contributed by atoms with E-state index in [1.807, 2.05) is 25.7 Å². The smallest absolute Gasteiger partial charge is 0.410 e. The van der Waals surface area contributed by atoms with Gasteiger partial charge in [0.1, 0.15) is 5.60 Å². The number of nitrogens with one attached hydrogen (secondary N) is 1. The molecular formula is C21H39N3O2. The maximum absolute atomic E-state index is 12.4. The summed E-state index contributed by atoms with van der Waals surface area (Å²) >= 11 is 0. The van der Waals surface area contributed by atoms with E-state index in [2.05, 4.69) is 17.1 Å². The van der Waals surface area contributed by atoms with Crippen LogP contribution in [0.4, 0.5) is 4.79 Å². The zero-order chi connectivity index (χ0) is 18.7. The summed E-state index contributed by atoms with van der Waals surface area (Å²) in [5.74, 6) is 1.60. The molecular weight excluding hydrogens is 326 g/mol. The van der Waals surface area contributed by atoms with E-state index in [9.17, 15) is 4.79 Å². The lowest BCUT2D eigenvalue weighted by Crippen LogP contribution is -2.48. The lowest BCUT2D eigenvalue weighted by atomic mass is 9.94. The molecule has 2 heterocycles. The predicted octanol–water partition coefficient (Wildman–Crippen LogP) is 3.49. The van der Waals surface area contributed by atoms with Crippen LogP contribution in [0.2, 0.25) is 0 Å². The standard InChI is InChI=1S/C21H39N3O2/c1-16-7-13-24(20(25)26-21(2,3)4)14-10-19(16)22-18-8-11-23(12-9-18)15-17-5-6-17/h16-19,22H,5-15H2,1-4H3/t16-,19-/m0/s1. The molecule has 0 aromatic carbocycles. The van der Waals surface area contributed by atoms with E-state index in [4.69, 9.17) is 4.74 Å². The van der Waals surface area contributed by atoms with Crippen LogP contribution in [0.25, 0.3) is 0 Å². The maximum Gasteiger partial charge on any atom is 0.410 e. The quantitative estimate of drug-likeness (QED) is 0.828. The molecule has 2 aliphatic heterocycles. The van der Waals surface area contributed by atoms with Gasteiger partial charge in [-0.25, -0.2) is 4.79 Å². The molecule has 1 aliphatic carbocycles. The number of ether oxygens (including phenoxy) is 1. The van der Waals surface area contributed by atoms with Crippen molar-refractivity contribution in [2.24, 2.45) is 11.8 Å². The van der Waals surface area contributed by atoms with Crippen LogP contribution in [0.15, 0.2) is 0 Å². The van der Waals surface area contributed by atoms with E-state index in [1.165, 1.54) is 45.3 Å². The molecule has 5 heteroatoms. The number of likely N-dealkylation sites (tertiary alicyclic amines) is 2. The predicted molar refractivity (Wildman–Crippen MR) is 105 cm³/mol. The summed E-state index contributed by atoms with van der Waals surface area (Å²) in [7, 11) is 0. The number of amides is 1. The normalized spacial score (nSPS) is 29.5. The second-order valence-electron chi connectivity index (χ2n) is 9.81. The van der Waals surface area contributed by atoms with Crippen LogP contribution in [0.1, 0.15) is 66.2 Å². The van der Waals surface area contributed by atoms with Crippen molar-refractivity contribution in [3.63, 3.8) is 0 Å². The number of rotatable bonds is 4. The molecule has 0 aromatic rings. The van der Waals surface area contributed by atoms with E-state index in [1.54, 1.807) is 0 Å². The number of hydrogen-bond donors (Lipinski definition) is 1. The van der Waals surface area contributed by atoms with Gasteiger partial charge >= 0.3 is 6.09 Å². The topological polar surface area (TPSA) is 44.8 Å². The van der Waals surface area contributed by atoms with Gasteiger partial charge in [0.05, 0.1) is 0 Å². The van der Waals surface area contributed by atoms with Gasteiger partial charge in [0.15, 0.2) is 0 Å².